The van der Waals surface area contributed by atoms with E-state index in [1.54, 1.807) is 48.4 Å². The van der Waals surface area contributed by atoms with E-state index in [4.69, 9.17) is 16.3 Å². The number of hydrogen-bond acceptors (Lipinski definition) is 4. The zero-order chi connectivity index (χ0) is 19.8. The number of nitriles is 1. The van der Waals surface area contributed by atoms with E-state index in [1.165, 1.54) is 6.07 Å². The zero-order valence-electron chi connectivity index (χ0n) is 15.2. The van der Waals surface area contributed by atoms with Gasteiger partial charge in [-0.05, 0) is 30.7 Å². The van der Waals surface area contributed by atoms with Crippen molar-refractivity contribution in [3.05, 3.63) is 75.2 Å². The number of aryl methyl sites for hydroxylation is 2. The minimum Gasteiger partial charge on any atom is -0.453 e. The van der Waals surface area contributed by atoms with Crippen molar-refractivity contribution in [3.8, 4) is 28.8 Å². The third-order valence-corrected chi connectivity index (χ3v) is 4.64. The lowest BCUT2D eigenvalue weighted by Gasteiger charge is -2.11. The van der Waals surface area contributed by atoms with Gasteiger partial charge in [0.05, 0.1) is 40.6 Å². The van der Waals surface area contributed by atoms with Crippen LogP contribution in [-0.4, -0.2) is 14.8 Å². The molecule has 0 unspecified atom stereocenters. The summed E-state index contributed by atoms with van der Waals surface area (Å²) in [6.45, 7) is 1.92. The Morgan fingerprint density at radius 3 is 2.79 bits per heavy atom. The van der Waals surface area contributed by atoms with Crippen LogP contribution in [0.5, 0.6) is 11.5 Å². The molecule has 2 aromatic heterocycles. The molecule has 138 valence electrons. The molecule has 0 saturated heterocycles. The molecule has 0 amide bonds. The molecule has 28 heavy (non-hydrogen) atoms. The summed E-state index contributed by atoms with van der Waals surface area (Å²) in [6, 6.07) is 12.3. The summed E-state index contributed by atoms with van der Waals surface area (Å²) in [5.41, 5.74) is 3.21. The molecular formula is C21H15ClN4O2. The van der Waals surface area contributed by atoms with Crippen LogP contribution < -0.4 is 10.2 Å². The van der Waals surface area contributed by atoms with E-state index in [0.29, 0.717) is 38.7 Å². The number of aromatic nitrogens is 3. The molecule has 6 nitrogen and oxygen atoms in total. The maximum absolute atomic E-state index is 12.9. The third-order valence-electron chi connectivity index (χ3n) is 4.42. The number of H-pyrrole nitrogens is 1. The van der Waals surface area contributed by atoms with Gasteiger partial charge in [0.25, 0.3) is 0 Å². The zero-order valence-corrected chi connectivity index (χ0v) is 15.9. The van der Waals surface area contributed by atoms with Crippen LogP contribution in [0, 0.1) is 18.3 Å². The molecule has 4 aromatic rings. The van der Waals surface area contributed by atoms with Gasteiger partial charge in [0, 0.05) is 29.8 Å². The van der Waals surface area contributed by atoms with Crippen LogP contribution in [0.3, 0.4) is 0 Å². The molecule has 0 spiro atoms. The quantitative estimate of drug-likeness (QED) is 0.556. The number of pyridine rings is 1. The average Bonchev–Trinajstić information content (AvgIpc) is 3.06. The number of benzene rings is 2. The number of hydrogen-bond donors (Lipinski definition) is 1. The summed E-state index contributed by atoms with van der Waals surface area (Å²) >= 11 is 6.26. The molecule has 0 aliphatic heterocycles. The van der Waals surface area contributed by atoms with Gasteiger partial charge >= 0.3 is 0 Å². The average molecular weight is 391 g/mol. The van der Waals surface area contributed by atoms with Gasteiger partial charge in [0.2, 0.25) is 0 Å². The monoisotopic (exact) mass is 390 g/mol. The number of nitrogens with zero attached hydrogens (tertiary/aromatic N) is 3. The van der Waals surface area contributed by atoms with Gasteiger partial charge in [-0.3, -0.25) is 9.48 Å². The van der Waals surface area contributed by atoms with Gasteiger partial charge in [-0.15, -0.1) is 0 Å². The van der Waals surface area contributed by atoms with E-state index in [1.807, 2.05) is 13.0 Å². The molecule has 0 saturated carbocycles. The molecule has 7 heteroatoms. The highest BCUT2D eigenvalue weighted by Gasteiger charge is 2.14. The Bertz CT molecular complexity index is 1310. The van der Waals surface area contributed by atoms with Gasteiger partial charge < -0.3 is 9.72 Å². The fraction of sp³-hybridized carbons (Fsp3) is 0.0952. The second-order valence-corrected chi connectivity index (χ2v) is 6.90. The molecular weight excluding hydrogens is 376 g/mol. The Morgan fingerprint density at radius 1 is 1.25 bits per heavy atom. The number of nitrogens with one attached hydrogen (secondary N) is 1. The lowest BCUT2D eigenvalue weighted by atomic mass is 10.0. The van der Waals surface area contributed by atoms with E-state index in [9.17, 15) is 10.1 Å². The lowest BCUT2D eigenvalue weighted by molar-refractivity contribution is 0.487. The van der Waals surface area contributed by atoms with Crippen LogP contribution in [0.25, 0.3) is 22.2 Å². The van der Waals surface area contributed by atoms with Crippen molar-refractivity contribution in [3.63, 3.8) is 0 Å². The molecule has 2 aromatic carbocycles. The van der Waals surface area contributed by atoms with Crippen LogP contribution >= 0.6 is 11.6 Å². The molecule has 0 bridgehead atoms. The number of fused-ring (bicyclic) bond motifs is 1. The Labute approximate surface area is 165 Å². The number of halogens is 1. The van der Waals surface area contributed by atoms with Crippen molar-refractivity contribution in [2.24, 2.45) is 7.05 Å². The summed E-state index contributed by atoms with van der Waals surface area (Å²) in [5.74, 6) is 0.859. The van der Waals surface area contributed by atoms with Crippen molar-refractivity contribution in [2.45, 2.75) is 6.92 Å². The van der Waals surface area contributed by atoms with Crippen molar-refractivity contribution >= 4 is 22.5 Å². The highest BCUT2D eigenvalue weighted by atomic mass is 35.5. The van der Waals surface area contributed by atoms with Crippen molar-refractivity contribution in [1.29, 1.82) is 5.26 Å². The van der Waals surface area contributed by atoms with Gasteiger partial charge in [0.1, 0.15) is 5.75 Å². The topological polar surface area (TPSA) is 83.7 Å². The second-order valence-electron chi connectivity index (χ2n) is 6.47. The summed E-state index contributed by atoms with van der Waals surface area (Å²) in [5, 5.41) is 14.1. The Morgan fingerprint density at radius 2 is 2.07 bits per heavy atom. The highest BCUT2D eigenvalue weighted by molar-refractivity contribution is 6.31. The largest absolute Gasteiger partial charge is 0.453 e. The van der Waals surface area contributed by atoms with E-state index in [2.05, 4.69) is 16.2 Å². The molecule has 0 aliphatic rings. The van der Waals surface area contributed by atoms with Crippen LogP contribution in [-0.2, 0) is 7.05 Å². The van der Waals surface area contributed by atoms with Gasteiger partial charge in [-0.2, -0.15) is 10.4 Å². The van der Waals surface area contributed by atoms with Crippen molar-refractivity contribution in [1.82, 2.24) is 14.8 Å². The first-order chi connectivity index (χ1) is 13.4. The maximum atomic E-state index is 12.9. The van der Waals surface area contributed by atoms with Crippen LogP contribution in [0.15, 0.2) is 53.6 Å². The first-order valence-electron chi connectivity index (χ1n) is 8.49. The molecule has 4 rings (SSSR count). The number of rotatable bonds is 3. The number of ether oxygens (including phenoxy) is 1. The lowest BCUT2D eigenvalue weighted by Crippen LogP contribution is -2.05. The van der Waals surface area contributed by atoms with E-state index < -0.39 is 0 Å². The molecule has 0 atom stereocenters. The molecule has 2 heterocycles. The summed E-state index contributed by atoms with van der Waals surface area (Å²) < 4.78 is 7.46. The summed E-state index contributed by atoms with van der Waals surface area (Å²) in [4.78, 5) is 16.2. The Balaban J connectivity index is 1.91. The Kier molecular flexibility index (Phi) is 4.38. The van der Waals surface area contributed by atoms with E-state index in [0.717, 1.165) is 11.1 Å². The number of aromatic amines is 1. The van der Waals surface area contributed by atoms with E-state index in [-0.39, 0.29) is 5.43 Å². The normalized spacial score (nSPS) is 10.8. The van der Waals surface area contributed by atoms with Crippen LogP contribution in [0.4, 0.5) is 0 Å². The molecule has 0 fully saturated rings. The third kappa shape index (κ3) is 3.24. The minimum absolute atomic E-state index is 0.207. The Hall–Kier alpha value is -3.56. The second kappa shape index (κ2) is 6.87. The van der Waals surface area contributed by atoms with Gasteiger partial charge in [-0.25, -0.2) is 0 Å². The highest BCUT2D eigenvalue weighted by Crippen LogP contribution is 2.32. The summed E-state index contributed by atoms with van der Waals surface area (Å²) in [7, 11) is 1.78. The smallest absolute Gasteiger partial charge is 0.193 e. The molecule has 0 radical (unpaired) electrons. The predicted molar refractivity (Wildman–Crippen MR) is 108 cm³/mol. The first kappa shape index (κ1) is 17.8. The van der Waals surface area contributed by atoms with Gasteiger partial charge in [-0.1, -0.05) is 17.7 Å². The first-order valence-corrected chi connectivity index (χ1v) is 8.86. The molecule has 1 N–H and O–H groups in total. The standard InChI is InChI=1S/C21H15ClN4O2/c1-12-3-4-13(9-23)5-16(12)17-8-19(27)21-18(25-17)6-14(22)7-20(21)28-15-10-24-26(2)11-15/h3-8,10-11H,1-2H3,(H,25,27). The SMILES string of the molecule is Cc1ccc(C#N)cc1-c1cc(=O)c2c(Oc3cnn(C)c3)cc(Cl)cc2[nH]1. The van der Waals surface area contributed by atoms with Crippen LogP contribution in [0.2, 0.25) is 5.02 Å². The van der Waals surface area contributed by atoms with Crippen molar-refractivity contribution < 1.29 is 4.74 Å². The summed E-state index contributed by atoms with van der Waals surface area (Å²) in [6.07, 6.45) is 3.26. The van der Waals surface area contributed by atoms with E-state index >= 15 is 0 Å². The fourth-order valence-corrected chi connectivity index (χ4v) is 3.31. The minimum atomic E-state index is -0.207. The molecule has 0 aliphatic carbocycles. The predicted octanol–water partition coefficient (Wildman–Crippen LogP) is 4.55. The maximum Gasteiger partial charge on any atom is 0.193 e. The van der Waals surface area contributed by atoms with Crippen LogP contribution in [0.1, 0.15) is 11.1 Å². The van der Waals surface area contributed by atoms with Crippen molar-refractivity contribution in [2.75, 3.05) is 0 Å². The van der Waals surface area contributed by atoms with Gasteiger partial charge in [0.15, 0.2) is 11.2 Å². The fourth-order valence-electron chi connectivity index (χ4n) is 3.10.